The highest BCUT2D eigenvalue weighted by atomic mass is 16.5. The van der Waals surface area contributed by atoms with Crippen LogP contribution in [0.4, 0.5) is 5.69 Å². The minimum absolute atomic E-state index is 0.119. The summed E-state index contributed by atoms with van der Waals surface area (Å²) in [7, 11) is 1.45. The number of rotatable bonds is 6. The summed E-state index contributed by atoms with van der Waals surface area (Å²) in [5.74, 6) is -0.720. The summed E-state index contributed by atoms with van der Waals surface area (Å²) in [5, 5.41) is 20.3. The number of aromatic nitrogens is 3. The van der Waals surface area contributed by atoms with Gasteiger partial charge >= 0.3 is 5.97 Å². The predicted molar refractivity (Wildman–Crippen MR) is 77.7 cm³/mol. The summed E-state index contributed by atoms with van der Waals surface area (Å²) in [5.41, 5.74) is 1.50. The van der Waals surface area contributed by atoms with E-state index < -0.39 is 5.97 Å². The van der Waals surface area contributed by atoms with E-state index in [2.05, 4.69) is 15.6 Å². The Morgan fingerprint density at radius 1 is 1.48 bits per heavy atom. The van der Waals surface area contributed by atoms with E-state index in [1.165, 1.54) is 13.2 Å². The number of carboxylic acid groups (broad SMARTS) is 1. The van der Waals surface area contributed by atoms with Crippen LogP contribution < -0.4 is 10.1 Å². The fourth-order valence-corrected chi connectivity index (χ4v) is 1.90. The van der Waals surface area contributed by atoms with Gasteiger partial charge in [-0.3, -0.25) is 0 Å². The van der Waals surface area contributed by atoms with Gasteiger partial charge in [-0.15, -0.1) is 5.10 Å². The lowest BCUT2D eigenvalue weighted by Crippen LogP contribution is -2.06. The number of nitrogens with zero attached hydrogens (tertiary/aromatic N) is 3. The van der Waals surface area contributed by atoms with Gasteiger partial charge in [0.25, 0.3) is 0 Å². The van der Waals surface area contributed by atoms with Gasteiger partial charge in [-0.05, 0) is 26.0 Å². The van der Waals surface area contributed by atoms with Crippen LogP contribution in [0, 0.1) is 0 Å². The van der Waals surface area contributed by atoms with Crippen molar-refractivity contribution in [1.29, 1.82) is 0 Å². The Morgan fingerprint density at radius 3 is 2.81 bits per heavy atom. The number of carboxylic acids is 1. The van der Waals surface area contributed by atoms with E-state index in [0.29, 0.717) is 18.0 Å². The maximum atomic E-state index is 11.2. The molecule has 1 heterocycles. The maximum absolute atomic E-state index is 11.2. The Kier molecular flexibility index (Phi) is 4.42. The molecule has 1 aromatic heterocycles. The number of para-hydroxylation sites is 1. The number of methoxy groups -OCH3 is 1. The van der Waals surface area contributed by atoms with E-state index in [0.717, 1.165) is 5.69 Å². The molecule has 2 aromatic rings. The summed E-state index contributed by atoms with van der Waals surface area (Å²) in [6, 6.07) is 5.18. The third-order valence-electron chi connectivity index (χ3n) is 3.00. The first-order chi connectivity index (χ1) is 10.0. The fourth-order valence-electron chi connectivity index (χ4n) is 1.90. The molecule has 0 atom stereocenters. The van der Waals surface area contributed by atoms with E-state index in [1.54, 1.807) is 16.8 Å². The van der Waals surface area contributed by atoms with Crippen molar-refractivity contribution in [3.05, 3.63) is 35.7 Å². The quantitative estimate of drug-likeness (QED) is 0.847. The van der Waals surface area contributed by atoms with Gasteiger partial charge in [0.1, 0.15) is 11.3 Å². The lowest BCUT2D eigenvalue weighted by atomic mass is 10.1. The first kappa shape index (κ1) is 14.8. The highest BCUT2D eigenvalue weighted by Crippen LogP contribution is 2.29. The summed E-state index contributed by atoms with van der Waals surface area (Å²) in [6.45, 7) is 4.47. The van der Waals surface area contributed by atoms with Crippen molar-refractivity contribution in [2.45, 2.75) is 26.4 Å². The predicted octanol–water partition coefficient (Wildman–Crippen LogP) is 2.18. The standard InChI is InChI=1S/C14H18N4O3/c1-9(2)18-8-10(16-17-18)7-15-12-6-4-5-11(14(19)20)13(12)21-3/h4-6,8-9,15H,7H2,1-3H3,(H,19,20). The normalized spacial score (nSPS) is 10.7. The molecule has 0 aliphatic rings. The van der Waals surface area contributed by atoms with E-state index in [1.807, 2.05) is 20.0 Å². The molecule has 112 valence electrons. The minimum Gasteiger partial charge on any atom is -0.494 e. The Bertz CT molecular complexity index is 637. The average Bonchev–Trinajstić information content (AvgIpc) is 2.93. The summed E-state index contributed by atoms with van der Waals surface area (Å²) < 4.78 is 6.95. The molecule has 0 spiro atoms. The number of hydrogen-bond donors (Lipinski definition) is 2. The van der Waals surface area contributed by atoms with Gasteiger partial charge in [-0.25, -0.2) is 9.48 Å². The molecule has 2 rings (SSSR count). The zero-order valence-electron chi connectivity index (χ0n) is 12.2. The largest absolute Gasteiger partial charge is 0.494 e. The molecule has 0 aliphatic carbocycles. The van der Waals surface area contributed by atoms with Crippen molar-refractivity contribution in [3.63, 3.8) is 0 Å². The van der Waals surface area contributed by atoms with Crippen molar-refractivity contribution in [2.24, 2.45) is 0 Å². The van der Waals surface area contributed by atoms with Crippen molar-refractivity contribution >= 4 is 11.7 Å². The number of hydrogen-bond acceptors (Lipinski definition) is 5. The molecule has 2 N–H and O–H groups in total. The topological polar surface area (TPSA) is 89.3 Å². The summed E-state index contributed by atoms with van der Waals surface area (Å²) in [6.07, 6.45) is 1.85. The Morgan fingerprint density at radius 2 is 2.24 bits per heavy atom. The second-order valence-electron chi connectivity index (χ2n) is 4.83. The van der Waals surface area contributed by atoms with Crippen molar-refractivity contribution in [1.82, 2.24) is 15.0 Å². The van der Waals surface area contributed by atoms with Gasteiger partial charge in [-0.2, -0.15) is 0 Å². The zero-order valence-corrected chi connectivity index (χ0v) is 12.2. The van der Waals surface area contributed by atoms with Gasteiger partial charge in [0.05, 0.1) is 25.5 Å². The van der Waals surface area contributed by atoms with Crippen LogP contribution in [0.1, 0.15) is 35.9 Å². The van der Waals surface area contributed by atoms with Gasteiger partial charge < -0.3 is 15.2 Å². The van der Waals surface area contributed by atoms with Crippen molar-refractivity contribution in [2.75, 3.05) is 12.4 Å². The van der Waals surface area contributed by atoms with Gasteiger partial charge in [0, 0.05) is 6.04 Å². The molecular weight excluding hydrogens is 272 g/mol. The molecule has 7 nitrogen and oxygen atoms in total. The summed E-state index contributed by atoms with van der Waals surface area (Å²) in [4.78, 5) is 11.2. The molecule has 0 saturated carbocycles. The summed E-state index contributed by atoms with van der Waals surface area (Å²) >= 11 is 0. The van der Waals surface area contributed by atoms with Crippen LogP contribution in [0.15, 0.2) is 24.4 Å². The molecule has 0 radical (unpaired) electrons. The first-order valence-electron chi connectivity index (χ1n) is 6.57. The molecule has 0 bridgehead atoms. The molecule has 7 heteroatoms. The van der Waals surface area contributed by atoms with Gasteiger partial charge in [0.2, 0.25) is 0 Å². The number of anilines is 1. The second-order valence-corrected chi connectivity index (χ2v) is 4.83. The number of benzene rings is 1. The van der Waals surface area contributed by atoms with Crippen LogP contribution in [-0.4, -0.2) is 33.2 Å². The highest BCUT2D eigenvalue weighted by molar-refractivity contribution is 5.93. The molecule has 21 heavy (non-hydrogen) atoms. The number of carbonyl (C=O) groups is 1. The zero-order chi connectivity index (χ0) is 15.4. The van der Waals surface area contributed by atoms with Crippen LogP contribution in [-0.2, 0) is 6.54 Å². The molecule has 0 saturated heterocycles. The Hall–Kier alpha value is -2.57. The molecule has 1 aromatic carbocycles. The van der Waals surface area contributed by atoms with E-state index in [-0.39, 0.29) is 11.6 Å². The van der Waals surface area contributed by atoms with E-state index in [4.69, 9.17) is 9.84 Å². The number of ether oxygens (including phenoxy) is 1. The number of nitrogens with one attached hydrogen (secondary N) is 1. The number of aromatic carboxylic acids is 1. The Balaban J connectivity index is 2.15. The molecular formula is C14H18N4O3. The fraction of sp³-hybridized carbons (Fsp3) is 0.357. The van der Waals surface area contributed by atoms with Crippen LogP contribution in [0.5, 0.6) is 5.75 Å². The van der Waals surface area contributed by atoms with Gasteiger partial charge in [0.15, 0.2) is 5.75 Å². The molecule has 0 unspecified atom stereocenters. The SMILES string of the molecule is COc1c(NCc2cn(C(C)C)nn2)cccc1C(=O)O. The van der Waals surface area contributed by atoms with Gasteiger partial charge in [-0.1, -0.05) is 11.3 Å². The first-order valence-corrected chi connectivity index (χ1v) is 6.57. The minimum atomic E-state index is -1.03. The monoisotopic (exact) mass is 290 g/mol. The van der Waals surface area contributed by atoms with Crippen LogP contribution in [0.2, 0.25) is 0 Å². The molecule has 0 amide bonds. The second kappa shape index (κ2) is 6.25. The smallest absolute Gasteiger partial charge is 0.339 e. The Labute approximate surface area is 122 Å². The highest BCUT2D eigenvalue weighted by Gasteiger charge is 2.14. The van der Waals surface area contributed by atoms with E-state index >= 15 is 0 Å². The van der Waals surface area contributed by atoms with Crippen LogP contribution >= 0.6 is 0 Å². The van der Waals surface area contributed by atoms with Crippen molar-refractivity contribution < 1.29 is 14.6 Å². The van der Waals surface area contributed by atoms with Crippen LogP contribution in [0.25, 0.3) is 0 Å². The molecule has 0 aliphatic heterocycles. The lowest BCUT2D eigenvalue weighted by molar-refractivity contribution is 0.0693. The lowest BCUT2D eigenvalue weighted by Gasteiger charge is -2.12. The molecule has 0 fully saturated rings. The van der Waals surface area contributed by atoms with E-state index in [9.17, 15) is 4.79 Å². The third kappa shape index (κ3) is 3.31. The maximum Gasteiger partial charge on any atom is 0.339 e. The van der Waals surface area contributed by atoms with Crippen molar-refractivity contribution in [3.8, 4) is 5.75 Å². The third-order valence-corrected chi connectivity index (χ3v) is 3.00. The van der Waals surface area contributed by atoms with Crippen LogP contribution in [0.3, 0.4) is 0 Å². The average molecular weight is 290 g/mol.